The molecule has 4 nitrogen and oxygen atoms in total. The summed E-state index contributed by atoms with van der Waals surface area (Å²) in [5.41, 5.74) is 2.08. The predicted molar refractivity (Wildman–Crippen MR) is 89.3 cm³/mol. The molecule has 0 bridgehead atoms. The average Bonchev–Trinajstić information content (AvgIpc) is 2.48. The maximum Gasteiger partial charge on any atom is 0.232 e. The molecular weight excluding hydrogens is 260 g/mol. The van der Waals surface area contributed by atoms with E-state index in [1.165, 1.54) is 0 Å². The van der Waals surface area contributed by atoms with Gasteiger partial charge in [-0.1, -0.05) is 25.1 Å². The first kappa shape index (κ1) is 15.3. The van der Waals surface area contributed by atoms with Crippen molar-refractivity contribution in [2.45, 2.75) is 40.2 Å². The normalized spacial score (nSPS) is 12.0. The van der Waals surface area contributed by atoms with Gasteiger partial charge in [0.05, 0.1) is 0 Å². The first-order valence-corrected chi connectivity index (χ1v) is 7.58. The molecule has 0 radical (unpaired) electrons. The first-order valence-electron chi connectivity index (χ1n) is 7.58. The van der Waals surface area contributed by atoms with Crippen molar-refractivity contribution < 1.29 is 0 Å². The lowest BCUT2D eigenvalue weighted by Crippen LogP contribution is -2.21. The Hall–Kier alpha value is -2.10. The highest BCUT2D eigenvalue weighted by Crippen LogP contribution is 2.23. The van der Waals surface area contributed by atoms with Crippen LogP contribution in [0.15, 0.2) is 36.4 Å². The molecular formula is C17H24N4. The van der Waals surface area contributed by atoms with Gasteiger partial charge in [-0.15, -0.1) is 0 Å². The number of aryl methyl sites for hydroxylation is 1. The number of aromatic nitrogens is 2. The van der Waals surface area contributed by atoms with Crippen molar-refractivity contribution in [1.82, 2.24) is 9.97 Å². The lowest BCUT2D eigenvalue weighted by Gasteiger charge is -2.22. The molecule has 0 spiro atoms. The van der Waals surface area contributed by atoms with E-state index in [9.17, 15) is 0 Å². The molecule has 0 amide bonds. The van der Waals surface area contributed by atoms with Gasteiger partial charge in [-0.05, 0) is 39.3 Å². The third-order valence-electron chi connectivity index (χ3n) is 3.47. The van der Waals surface area contributed by atoms with Gasteiger partial charge in [-0.3, -0.25) is 0 Å². The molecule has 0 fully saturated rings. The van der Waals surface area contributed by atoms with Crippen LogP contribution in [0.25, 0.3) is 0 Å². The molecule has 2 aromatic rings. The standard InChI is InChI=1S/C17H24N4/c1-5-13(3)18-16-12-14(4)19-17(20-16)21(6-2)15-10-8-7-9-11-15/h7-13H,5-6H2,1-4H3,(H,18,19,20). The maximum atomic E-state index is 4.67. The van der Waals surface area contributed by atoms with Crippen LogP contribution in [0.3, 0.4) is 0 Å². The summed E-state index contributed by atoms with van der Waals surface area (Å²) in [4.78, 5) is 11.4. The van der Waals surface area contributed by atoms with Gasteiger partial charge in [-0.2, -0.15) is 4.98 Å². The van der Waals surface area contributed by atoms with Gasteiger partial charge in [-0.25, -0.2) is 4.98 Å². The van der Waals surface area contributed by atoms with Crippen molar-refractivity contribution in [3.05, 3.63) is 42.1 Å². The second-order valence-electron chi connectivity index (χ2n) is 5.23. The zero-order valence-corrected chi connectivity index (χ0v) is 13.3. The van der Waals surface area contributed by atoms with Gasteiger partial charge in [0, 0.05) is 30.0 Å². The minimum absolute atomic E-state index is 0.402. The highest BCUT2D eigenvalue weighted by Gasteiger charge is 2.12. The van der Waals surface area contributed by atoms with Gasteiger partial charge in [0.25, 0.3) is 0 Å². The average molecular weight is 284 g/mol. The summed E-state index contributed by atoms with van der Waals surface area (Å²) >= 11 is 0. The van der Waals surface area contributed by atoms with Crippen LogP contribution in [0.4, 0.5) is 17.5 Å². The van der Waals surface area contributed by atoms with Gasteiger partial charge in [0.2, 0.25) is 5.95 Å². The van der Waals surface area contributed by atoms with E-state index in [0.717, 1.165) is 36.1 Å². The number of hydrogen-bond donors (Lipinski definition) is 1. The van der Waals surface area contributed by atoms with E-state index in [4.69, 9.17) is 0 Å². The topological polar surface area (TPSA) is 41.1 Å². The van der Waals surface area contributed by atoms with E-state index in [2.05, 4.69) is 53.1 Å². The summed E-state index contributed by atoms with van der Waals surface area (Å²) in [5, 5.41) is 3.43. The Morgan fingerprint density at radius 1 is 1.14 bits per heavy atom. The maximum absolute atomic E-state index is 4.67. The number of para-hydroxylation sites is 1. The number of nitrogens with one attached hydrogen (secondary N) is 1. The third kappa shape index (κ3) is 3.94. The lowest BCUT2D eigenvalue weighted by molar-refractivity contribution is 0.757. The Morgan fingerprint density at radius 2 is 1.86 bits per heavy atom. The van der Waals surface area contributed by atoms with Crippen LogP contribution in [-0.2, 0) is 0 Å². The summed E-state index contributed by atoms with van der Waals surface area (Å²) in [5.74, 6) is 1.63. The molecule has 0 aliphatic heterocycles. The Balaban J connectivity index is 2.33. The number of nitrogens with zero attached hydrogens (tertiary/aromatic N) is 3. The molecule has 1 heterocycles. The van der Waals surface area contributed by atoms with E-state index in [1.807, 2.05) is 31.2 Å². The first-order chi connectivity index (χ1) is 10.1. The fourth-order valence-electron chi connectivity index (χ4n) is 2.15. The highest BCUT2D eigenvalue weighted by atomic mass is 15.3. The minimum Gasteiger partial charge on any atom is -0.367 e. The quantitative estimate of drug-likeness (QED) is 0.865. The molecule has 2 rings (SSSR count). The second-order valence-corrected chi connectivity index (χ2v) is 5.23. The highest BCUT2D eigenvalue weighted by molar-refractivity contribution is 5.58. The molecule has 1 aromatic heterocycles. The van der Waals surface area contributed by atoms with Crippen LogP contribution < -0.4 is 10.2 Å². The van der Waals surface area contributed by atoms with Crippen LogP contribution in [0.5, 0.6) is 0 Å². The lowest BCUT2D eigenvalue weighted by atomic mass is 10.2. The smallest absolute Gasteiger partial charge is 0.232 e. The van der Waals surface area contributed by atoms with E-state index in [0.29, 0.717) is 6.04 Å². The third-order valence-corrected chi connectivity index (χ3v) is 3.47. The summed E-state index contributed by atoms with van der Waals surface area (Å²) in [6, 6.07) is 12.6. The van der Waals surface area contributed by atoms with E-state index in [-0.39, 0.29) is 0 Å². The number of anilines is 3. The van der Waals surface area contributed by atoms with Crippen LogP contribution in [0.2, 0.25) is 0 Å². The predicted octanol–water partition coefficient (Wildman–Crippen LogP) is 4.15. The van der Waals surface area contributed by atoms with Gasteiger partial charge >= 0.3 is 0 Å². The molecule has 0 saturated heterocycles. The molecule has 112 valence electrons. The van der Waals surface area contributed by atoms with Gasteiger partial charge in [0.1, 0.15) is 5.82 Å². The van der Waals surface area contributed by atoms with E-state index < -0.39 is 0 Å². The van der Waals surface area contributed by atoms with Gasteiger partial charge < -0.3 is 10.2 Å². The van der Waals surface area contributed by atoms with E-state index in [1.54, 1.807) is 0 Å². The zero-order chi connectivity index (χ0) is 15.2. The Labute approximate surface area is 127 Å². The van der Waals surface area contributed by atoms with Crippen LogP contribution in [-0.4, -0.2) is 22.6 Å². The molecule has 1 N–H and O–H groups in total. The molecule has 1 atom stereocenters. The van der Waals surface area contributed by atoms with Crippen LogP contribution in [0, 0.1) is 6.92 Å². The summed E-state index contributed by atoms with van der Waals surface area (Å²) < 4.78 is 0. The summed E-state index contributed by atoms with van der Waals surface area (Å²) in [6.07, 6.45) is 1.06. The number of benzene rings is 1. The fourth-order valence-corrected chi connectivity index (χ4v) is 2.15. The Bertz CT molecular complexity index is 568. The molecule has 0 saturated carbocycles. The van der Waals surface area contributed by atoms with Gasteiger partial charge in [0.15, 0.2) is 0 Å². The SMILES string of the molecule is CCC(C)Nc1cc(C)nc(N(CC)c2ccccc2)n1. The molecule has 0 aliphatic carbocycles. The molecule has 0 aliphatic rings. The largest absolute Gasteiger partial charge is 0.367 e. The van der Waals surface area contributed by atoms with Crippen molar-refractivity contribution >= 4 is 17.5 Å². The Kier molecular flexibility index (Phi) is 5.14. The Morgan fingerprint density at radius 3 is 2.48 bits per heavy atom. The van der Waals surface area contributed by atoms with Crippen molar-refractivity contribution in [2.24, 2.45) is 0 Å². The second kappa shape index (κ2) is 7.07. The van der Waals surface area contributed by atoms with Crippen molar-refractivity contribution in [3.63, 3.8) is 0 Å². The molecule has 1 unspecified atom stereocenters. The summed E-state index contributed by atoms with van der Waals surface area (Å²) in [7, 11) is 0. The van der Waals surface area contributed by atoms with Crippen LogP contribution in [0.1, 0.15) is 32.9 Å². The summed E-state index contributed by atoms with van der Waals surface area (Å²) in [6.45, 7) is 9.27. The minimum atomic E-state index is 0.402. The van der Waals surface area contributed by atoms with Crippen molar-refractivity contribution in [1.29, 1.82) is 0 Å². The molecule has 1 aromatic carbocycles. The van der Waals surface area contributed by atoms with E-state index >= 15 is 0 Å². The molecule has 21 heavy (non-hydrogen) atoms. The van der Waals surface area contributed by atoms with Crippen molar-refractivity contribution in [2.75, 3.05) is 16.8 Å². The molecule has 4 heteroatoms. The zero-order valence-electron chi connectivity index (χ0n) is 13.3. The van der Waals surface area contributed by atoms with Crippen molar-refractivity contribution in [3.8, 4) is 0 Å². The number of hydrogen-bond acceptors (Lipinski definition) is 4. The fraction of sp³-hybridized carbons (Fsp3) is 0.412. The number of rotatable bonds is 6. The monoisotopic (exact) mass is 284 g/mol. The van der Waals surface area contributed by atoms with Crippen LogP contribution >= 0.6 is 0 Å².